The number of halogens is 3. The van der Waals surface area contributed by atoms with Crippen LogP contribution >= 0.6 is 0 Å². The summed E-state index contributed by atoms with van der Waals surface area (Å²) in [5, 5.41) is 0. The van der Waals surface area contributed by atoms with Gasteiger partial charge >= 0.3 is 11.9 Å². The van der Waals surface area contributed by atoms with Crippen LogP contribution in [-0.2, 0) is 12.7 Å². The summed E-state index contributed by atoms with van der Waals surface area (Å²) in [6.45, 7) is 1.83. The van der Waals surface area contributed by atoms with Crippen LogP contribution < -0.4 is 5.69 Å². The zero-order chi connectivity index (χ0) is 11.9. The molecule has 0 aliphatic rings. The van der Waals surface area contributed by atoms with Crippen LogP contribution in [0.4, 0.5) is 13.2 Å². The van der Waals surface area contributed by atoms with Gasteiger partial charge in [-0.15, -0.1) is 0 Å². The smallest absolute Gasteiger partial charge is 0.306 e. The molecule has 0 atom stereocenters. The minimum absolute atomic E-state index is 0.0810. The Balaban J connectivity index is 2.90. The van der Waals surface area contributed by atoms with Crippen molar-refractivity contribution in [2.24, 2.45) is 0 Å². The Morgan fingerprint density at radius 2 is 2.06 bits per heavy atom. The number of aryl methyl sites for hydroxylation is 1. The molecule has 0 saturated carbocycles. The summed E-state index contributed by atoms with van der Waals surface area (Å²) < 4.78 is 39.2. The molecule has 16 heavy (non-hydrogen) atoms. The molecule has 6 heteroatoms. The number of para-hydroxylation sites is 1. The number of benzene rings is 1. The first kappa shape index (κ1) is 10.8. The average molecular weight is 230 g/mol. The van der Waals surface area contributed by atoms with E-state index in [0.717, 1.165) is 10.6 Å². The average Bonchev–Trinajstić information content (AvgIpc) is 2.51. The monoisotopic (exact) mass is 230 g/mol. The van der Waals surface area contributed by atoms with Crippen LogP contribution in [0.5, 0.6) is 0 Å². The number of H-pyrrole nitrogens is 1. The summed E-state index contributed by atoms with van der Waals surface area (Å²) in [6, 6.07) is 3.71. The van der Waals surface area contributed by atoms with Crippen molar-refractivity contribution in [3.8, 4) is 0 Å². The largest absolute Gasteiger partial charge is 0.418 e. The zero-order valence-corrected chi connectivity index (χ0v) is 8.43. The number of rotatable bonds is 1. The molecule has 0 aliphatic heterocycles. The normalized spacial score (nSPS) is 12.2. The molecular weight excluding hydrogens is 221 g/mol. The molecule has 0 spiro atoms. The Morgan fingerprint density at radius 3 is 2.62 bits per heavy atom. The molecule has 0 unspecified atom stereocenters. The predicted molar refractivity (Wildman–Crippen MR) is 53.2 cm³/mol. The van der Waals surface area contributed by atoms with Gasteiger partial charge in [-0.1, -0.05) is 6.07 Å². The van der Waals surface area contributed by atoms with Crippen LogP contribution in [0.2, 0.25) is 0 Å². The third-order valence-electron chi connectivity index (χ3n) is 2.41. The van der Waals surface area contributed by atoms with E-state index in [1.165, 1.54) is 12.1 Å². The molecule has 2 rings (SSSR count). The Kier molecular flexibility index (Phi) is 2.29. The molecule has 1 aromatic carbocycles. The van der Waals surface area contributed by atoms with E-state index < -0.39 is 17.4 Å². The highest BCUT2D eigenvalue weighted by molar-refractivity contribution is 5.79. The van der Waals surface area contributed by atoms with Gasteiger partial charge in [0.2, 0.25) is 0 Å². The van der Waals surface area contributed by atoms with Gasteiger partial charge in [-0.25, -0.2) is 4.79 Å². The Hall–Kier alpha value is -1.72. The lowest BCUT2D eigenvalue weighted by Crippen LogP contribution is -2.17. The van der Waals surface area contributed by atoms with E-state index in [1.807, 2.05) is 0 Å². The van der Waals surface area contributed by atoms with E-state index >= 15 is 0 Å². The molecule has 0 fully saturated rings. The summed E-state index contributed by atoms with van der Waals surface area (Å²) in [4.78, 5) is 13.8. The number of fused-ring (bicyclic) bond motifs is 1. The number of nitrogens with one attached hydrogen (secondary N) is 1. The summed E-state index contributed by atoms with van der Waals surface area (Å²) in [5.74, 6) is 0. The van der Waals surface area contributed by atoms with Gasteiger partial charge in [0, 0.05) is 6.54 Å². The van der Waals surface area contributed by atoms with Crippen molar-refractivity contribution in [2.75, 3.05) is 0 Å². The molecule has 1 heterocycles. The zero-order valence-electron chi connectivity index (χ0n) is 8.43. The van der Waals surface area contributed by atoms with Crippen molar-refractivity contribution < 1.29 is 13.2 Å². The quantitative estimate of drug-likeness (QED) is 0.802. The fourth-order valence-corrected chi connectivity index (χ4v) is 1.75. The van der Waals surface area contributed by atoms with Crippen LogP contribution in [0.15, 0.2) is 23.0 Å². The van der Waals surface area contributed by atoms with Gasteiger partial charge in [-0.3, -0.25) is 4.57 Å². The van der Waals surface area contributed by atoms with E-state index in [-0.39, 0.29) is 17.6 Å². The van der Waals surface area contributed by atoms with E-state index in [4.69, 9.17) is 0 Å². The molecule has 86 valence electrons. The Labute approximate surface area is 88.5 Å². The third-order valence-corrected chi connectivity index (χ3v) is 2.41. The lowest BCUT2D eigenvalue weighted by molar-refractivity contribution is -0.136. The summed E-state index contributed by atoms with van der Waals surface area (Å²) in [5.41, 5.74) is -1.18. The lowest BCUT2D eigenvalue weighted by Gasteiger charge is -2.09. The van der Waals surface area contributed by atoms with Crippen LogP contribution in [0, 0.1) is 0 Å². The van der Waals surface area contributed by atoms with E-state index in [9.17, 15) is 18.0 Å². The second kappa shape index (κ2) is 3.40. The first-order valence-electron chi connectivity index (χ1n) is 4.74. The highest BCUT2D eigenvalue weighted by Gasteiger charge is 2.34. The minimum Gasteiger partial charge on any atom is -0.306 e. The van der Waals surface area contributed by atoms with Gasteiger partial charge in [0.05, 0.1) is 16.6 Å². The number of hydrogen-bond acceptors (Lipinski definition) is 1. The molecule has 0 radical (unpaired) electrons. The first-order chi connectivity index (χ1) is 7.45. The number of alkyl halides is 3. The molecule has 0 saturated heterocycles. The highest BCUT2D eigenvalue weighted by atomic mass is 19.4. The molecule has 2 aromatic rings. The summed E-state index contributed by atoms with van der Waals surface area (Å²) in [7, 11) is 0. The molecule has 3 nitrogen and oxygen atoms in total. The predicted octanol–water partition coefficient (Wildman–Crippen LogP) is 2.37. The maximum absolute atomic E-state index is 12.7. The molecule has 0 bridgehead atoms. The molecular formula is C10H9F3N2O. The Morgan fingerprint density at radius 1 is 1.38 bits per heavy atom. The Bertz CT molecular complexity index is 580. The maximum Gasteiger partial charge on any atom is 0.418 e. The van der Waals surface area contributed by atoms with Crippen LogP contribution in [0.3, 0.4) is 0 Å². The summed E-state index contributed by atoms with van der Waals surface area (Å²) >= 11 is 0. The SMILES string of the molecule is CCn1c(=O)[nH]c2cccc(C(F)(F)F)c21. The van der Waals surface area contributed by atoms with Gasteiger partial charge in [0.15, 0.2) is 0 Å². The van der Waals surface area contributed by atoms with Crippen molar-refractivity contribution in [2.45, 2.75) is 19.6 Å². The van der Waals surface area contributed by atoms with Gasteiger partial charge < -0.3 is 4.98 Å². The van der Waals surface area contributed by atoms with Gasteiger partial charge in [-0.05, 0) is 19.1 Å². The standard InChI is InChI=1S/C10H9F3N2O/c1-2-15-8-6(10(11,12)13)4-3-5-7(8)14-9(15)16/h3-5H,2H2,1H3,(H,14,16). The highest BCUT2D eigenvalue weighted by Crippen LogP contribution is 2.33. The first-order valence-corrected chi connectivity index (χ1v) is 4.74. The van der Waals surface area contributed by atoms with Crippen LogP contribution in [0.25, 0.3) is 11.0 Å². The van der Waals surface area contributed by atoms with Crippen LogP contribution in [0.1, 0.15) is 12.5 Å². The van der Waals surface area contributed by atoms with Crippen molar-refractivity contribution in [3.63, 3.8) is 0 Å². The van der Waals surface area contributed by atoms with E-state index in [2.05, 4.69) is 4.98 Å². The summed E-state index contributed by atoms with van der Waals surface area (Å²) in [6.07, 6.45) is -4.45. The fourth-order valence-electron chi connectivity index (χ4n) is 1.75. The lowest BCUT2D eigenvalue weighted by atomic mass is 10.2. The fraction of sp³-hybridized carbons (Fsp3) is 0.300. The number of nitrogens with zero attached hydrogens (tertiary/aromatic N) is 1. The number of hydrogen-bond donors (Lipinski definition) is 1. The van der Waals surface area contributed by atoms with E-state index in [0.29, 0.717) is 0 Å². The molecule has 1 aromatic heterocycles. The number of imidazole rings is 1. The second-order valence-corrected chi connectivity index (χ2v) is 3.37. The van der Waals surface area contributed by atoms with Crippen molar-refractivity contribution in [1.82, 2.24) is 9.55 Å². The number of aromatic nitrogens is 2. The van der Waals surface area contributed by atoms with Gasteiger partial charge in [-0.2, -0.15) is 13.2 Å². The molecule has 0 aliphatic carbocycles. The molecule has 1 N–H and O–H groups in total. The van der Waals surface area contributed by atoms with Gasteiger partial charge in [0.25, 0.3) is 0 Å². The van der Waals surface area contributed by atoms with Crippen LogP contribution in [-0.4, -0.2) is 9.55 Å². The second-order valence-electron chi connectivity index (χ2n) is 3.37. The van der Waals surface area contributed by atoms with Crippen molar-refractivity contribution >= 4 is 11.0 Å². The maximum atomic E-state index is 12.7. The molecule has 0 amide bonds. The van der Waals surface area contributed by atoms with Gasteiger partial charge in [0.1, 0.15) is 0 Å². The van der Waals surface area contributed by atoms with Crippen molar-refractivity contribution in [1.29, 1.82) is 0 Å². The van der Waals surface area contributed by atoms with Crippen molar-refractivity contribution in [3.05, 3.63) is 34.2 Å². The third kappa shape index (κ3) is 1.50. The topological polar surface area (TPSA) is 37.8 Å². The minimum atomic E-state index is -4.45. The number of aromatic amines is 1. The van der Waals surface area contributed by atoms with E-state index in [1.54, 1.807) is 6.92 Å².